The van der Waals surface area contributed by atoms with Gasteiger partial charge in [-0.1, -0.05) is 29.5 Å². The molecule has 4 aromatic rings. The smallest absolute Gasteiger partial charge is 0.257 e. The van der Waals surface area contributed by atoms with Crippen molar-refractivity contribution in [3.05, 3.63) is 59.4 Å². The highest BCUT2D eigenvalue weighted by Crippen LogP contribution is 2.44. The summed E-state index contributed by atoms with van der Waals surface area (Å²) in [6, 6.07) is 14.4. The van der Waals surface area contributed by atoms with Crippen LogP contribution in [0, 0.1) is 23.2 Å². The molecule has 0 radical (unpaired) electrons. The number of hydrogen-bond acceptors (Lipinski definition) is 4. The minimum atomic E-state index is 0.208. The number of fused-ring (bicyclic) bond motifs is 3. The van der Waals surface area contributed by atoms with E-state index in [0.29, 0.717) is 16.7 Å². The lowest BCUT2D eigenvalue weighted by molar-refractivity contribution is 0.783. The topological polar surface area (TPSA) is 46.3 Å². The molecule has 6 heteroatoms. The molecule has 2 aromatic heterocycles. The van der Waals surface area contributed by atoms with Crippen molar-refractivity contribution in [1.82, 2.24) is 19.6 Å². The van der Waals surface area contributed by atoms with Crippen molar-refractivity contribution in [2.75, 3.05) is 11.4 Å². The van der Waals surface area contributed by atoms with Gasteiger partial charge in [-0.2, -0.15) is 4.98 Å². The largest absolute Gasteiger partial charge is 0.325 e. The highest BCUT2D eigenvalue weighted by atomic mass is 35.5. The third-order valence-electron chi connectivity index (χ3n) is 6.26. The quantitative estimate of drug-likeness (QED) is 0.396. The summed E-state index contributed by atoms with van der Waals surface area (Å²) in [5.41, 5.74) is 3.31. The first-order valence-electron chi connectivity index (χ1n) is 10.8. The summed E-state index contributed by atoms with van der Waals surface area (Å²) in [5.74, 6) is 8.98. The van der Waals surface area contributed by atoms with Gasteiger partial charge in [0, 0.05) is 33.6 Å². The maximum absolute atomic E-state index is 6.32. The molecule has 31 heavy (non-hydrogen) atoms. The molecule has 0 aliphatic heterocycles. The van der Waals surface area contributed by atoms with Crippen molar-refractivity contribution >= 4 is 39.8 Å². The van der Waals surface area contributed by atoms with E-state index in [1.807, 2.05) is 22.6 Å². The average Bonchev–Trinajstić information content (AvgIpc) is 3.69. The molecule has 2 heterocycles. The molecule has 5 nitrogen and oxygen atoms in total. The molecule has 0 atom stereocenters. The van der Waals surface area contributed by atoms with E-state index in [4.69, 9.17) is 16.6 Å². The molecule has 2 fully saturated rings. The highest BCUT2D eigenvalue weighted by Gasteiger charge is 2.35. The van der Waals surface area contributed by atoms with Crippen LogP contribution in [-0.4, -0.2) is 26.1 Å². The standard InChI is InChI=1S/C25H22ClN5/c1-25(11-12-25)10-9-17-3-2-4-20(13-17)30(15-18-5-6-18)23-21-8-7-19(26)14-22(21)31-16-27-29-24(31)28-23/h2-4,7-8,13-14,16,18H,5-6,11-12,15H2,1H3. The first-order valence-corrected chi connectivity index (χ1v) is 11.2. The Bertz CT molecular complexity index is 1370. The van der Waals surface area contributed by atoms with Crippen LogP contribution in [0.1, 0.15) is 38.2 Å². The molecule has 0 unspecified atom stereocenters. The summed E-state index contributed by atoms with van der Waals surface area (Å²) >= 11 is 6.32. The van der Waals surface area contributed by atoms with Gasteiger partial charge in [0.25, 0.3) is 5.78 Å². The number of rotatable bonds is 4. The number of nitrogens with zero attached hydrogens (tertiary/aromatic N) is 5. The van der Waals surface area contributed by atoms with Crippen LogP contribution in [0.3, 0.4) is 0 Å². The summed E-state index contributed by atoms with van der Waals surface area (Å²) in [7, 11) is 0. The summed E-state index contributed by atoms with van der Waals surface area (Å²) < 4.78 is 1.89. The second-order valence-corrected chi connectivity index (χ2v) is 9.45. The zero-order chi connectivity index (χ0) is 21.0. The fourth-order valence-corrected chi connectivity index (χ4v) is 4.06. The molecule has 0 amide bonds. The Morgan fingerprint density at radius 3 is 2.87 bits per heavy atom. The Hall–Kier alpha value is -3.10. The normalized spacial score (nSPS) is 16.8. The van der Waals surface area contributed by atoms with Crippen molar-refractivity contribution in [2.45, 2.75) is 32.6 Å². The molecule has 2 aliphatic rings. The van der Waals surface area contributed by atoms with Gasteiger partial charge in [0.2, 0.25) is 0 Å². The van der Waals surface area contributed by atoms with Gasteiger partial charge in [-0.15, -0.1) is 10.2 Å². The van der Waals surface area contributed by atoms with E-state index in [0.717, 1.165) is 34.5 Å². The predicted octanol–water partition coefficient (Wildman–Crippen LogP) is 5.63. The van der Waals surface area contributed by atoms with E-state index in [1.165, 1.54) is 25.7 Å². The number of anilines is 2. The van der Waals surface area contributed by atoms with E-state index in [-0.39, 0.29) is 5.41 Å². The predicted molar refractivity (Wildman–Crippen MR) is 124 cm³/mol. The van der Waals surface area contributed by atoms with Crippen LogP contribution in [0.2, 0.25) is 5.02 Å². The summed E-state index contributed by atoms with van der Waals surface area (Å²) in [6.07, 6.45) is 6.59. The SMILES string of the molecule is CC1(C#Cc2cccc(N(CC3CC3)c3nc4nncn4c4cc(Cl)ccc34)c2)CC1. The lowest BCUT2D eigenvalue weighted by atomic mass is 10.1. The van der Waals surface area contributed by atoms with Gasteiger partial charge in [0.1, 0.15) is 12.1 Å². The first-order chi connectivity index (χ1) is 15.1. The Morgan fingerprint density at radius 1 is 1.19 bits per heavy atom. The van der Waals surface area contributed by atoms with E-state index in [9.17, 15) is 0 Å². The van der Waals surface area contributed by atoms with Crippen LogP contribution in [0.25, 0.3) is 16.7 Å². The number of benzene rings is 2. The summed E-state index contributed by atoms with van der Waals surface area (Å²) in [6.45, 7) is 3.15. The van der Waals surface area contributed by atoms with Crippen molar-refractivity contribution in [1.29, 1.82) is 0 Å². The Morgan fingerprint density at radius 2 is 2.06 bits per heavy atom. The molecule has 0 N–H and O–H groups in total. The van der Waals surface area contributed by atoms with Gasteiger partial charge in [-0.3, -0.25) is 4.40 Å². The fourth-order valence-electron chi connectivity index (χ4n) is 3.89. The van der Waals surface area contributed by atoms with E-state index in [2.05, 4.69) is 58.1 Å². The molecule has 2 aliphatic carbocycles. The van der Waals surface area contributed by atoms with Gasteiger partial charge >= 0.3 is 0 Å². The van der Waals surface area contributed by atoms with Crippen molar-refractivity contribution < 1.29 is 0 Å². The summed E-state index contributed by atoms with van der Waals surface area (Å²) in [4.78, 5) is 7.22. The molecule has 2 saturated carbocycles. The van der Waals surface area contributed by atoms with E-state index < -0.39 is 0 Å². The average molecular weight is 428 g/mol. The molecule has 0 bridgehead atoms. The second kappa shape index (κ2) is 6.96. The molecule has 154 valence electrons. The lowest BCUT2D eigenvalue weighted by Gasteiger charge is -2.25. The summed E-state index contributed by atoms with van der Waals surface area (Å²) in [5, 5.41) is 9.99. The van der Waals surface area contributed by atoms with Crippen LogP contribution in [0.5, 0.6) is 0 Å². The second-order valence-electron chi connectivity index (χ2n) is 9.01. The fraction of sp³-hybridized carbons (Fsp3) is 0.320. The molecule has 0 saturated heterocycles. The first kappa shape index (κ1) is 18.7. The monoisotopic (exact) mass is 427 g/mol. The third kappa shape index (κ3) is 3.62. The minimum Gasteiger partial charge on any atom is -0.325 e. The van der Waals surface area contributed by atoms with E-state index >= 15 is 0 Å². The number of halogens is 1. The zero-order valence-electron chi connectivity index (χ0n) is 17.3. The van der Waals surface area contributed by atoms with E-state index in [1.54, 1.807) is 6.33 Å². The zero-order valence-corrected chi connectivity index (χ0v) is 18.1. The van der Waals surface area contributed by atoms with Gasteiger partial charge in [-0.25, -0.2) is 0 Å². The van der Waals surface area contributed by atoms with Crippen LogP contribution in [0.15, 0.2) is 48.8 Å². The third-order valence-corrected chi connectivity index (χ3v) is 6.49. The Kier molecular flexibility index (Phi) is 4.19. The van der Waals surface area contributed by atoms with Crippen LogP contribution >= 0.6 is 11.6 Å². The molecular formula is C25H22ClN5. The molecule has 2 aromatic carbocycles. The highest BCUT2D eigenvalue weighted by molar-refractivity contribution is 6.31. The van der Waals surface area contributed by atoms with Crippen molar-refractivity contribution in [2.24, 2.45) is 11.3 Å². The Balaban J connectivity index is 1.51. The maximum Gasteiger partial charge on any atom is 0.257 e. The minimum absolute atomic E-state index is 0.208. The van der Waals surface area contributed by atoms with Crippen LogP contribution < -0.4 is 4.90 Å². The Labute approximate surface area is 186 Å². The number of hydrogen-bond donors (Lipinski definition) is 0. The van der Waals surface area contributed by atoms with Crippen LogP contribution in [-0.2, 0) is 0 Å². The number of aromatic nitrogens is 4. The van der Waals surface area contributed by atoms with Crippen LogP contribution in [0.4, 0.5) is 11.5 Å². The molecular weight excluding hydrogens is 406 g/mol. The van der Waals surface area contributed by atoms with Crippen molar-refractivity contribution in [3.63, 3.8) is 0 Å². The lowest BCUT2D eigenvalue weighted by Crippen LogP contribution is -2.22. The van der Waals surface area contributed by atoms with Gasteiger partial charge < -0.3 is 4.90 Å². The molecule has 0 spiro atoms. The maximum atomic E-state index is 6.32. The molecule has 6 rings (SSSR count). The van der Waals surface area contributed by atoms with Gasteiger partial charge in [0.15, 0.2) is 0 Å². The van der Waals surface area contributed by atoms with Crippen molar-refractivity contribution in [3.8, 4) is 11.8 Å². The van der Waals surface area contributed by atoms with Gasteiger partial charge in [-0.05, 0) is 74.9 Å². The van der Waals surface area contributed by atoms with Gasteiger partial charge in [0.05, 0.1) is 5.52 Å².